The number of hydroxylamine groups is 3. The molecule has 1 amide bonds. The summed E-state index contributed by atoms with van der Waals surface area (Å²) >= 11 is 0. The highest BCUT2D eigenvalue weighted by Crippen LogP contribution is 2.19. The Labute approximate surface area is 111 Å². The Morgan fingerprint density at radius 1 is 1.42 bits per heavy atom. The summed E-state index contributed by atoms with van der Waals surface area (Å²) in [5.41, 5.74) is 2.61. The molecule has 1 saturated heterocycles. The largest absolute Gasteiger partial charge is 0.393 e. The van der Waals surface area contributed by atoms with E-state index < -0.39 is 18.1 Å². The highest BCUT2D eigenvalue weighted by atomic mass is 16.7. The van der Waals surface area contributed by atoms with Gasteiger partial charge in [0.2, 0.25) is 0 Å². The Hall–Kier alpha value is -1.47. The number of nitrogens with one attached hydrogen (secondary N) is 1. The zero-order valence-electron chi connectivity index (χ0n) is 10.5. The van der Waals surface area contributed by atoms with Crippen LogP contribution < -0.4 is 5.48 Å². The molecule has 1 aliphatic rings. The lowest BCUT2D eigenvalue weighted by Gasteiger charge is -2.35. The van der Waals surface area contributed by atoms with E-state index in [1.807, 2.05) is 30.3 Å². The highest BCUT2D eigenvalue weighted by Gasteiger charge is 2.33. The number of rotatable bonds is 4. The van der Waals surface area contributed by atoms with Crippen molar-refractivity contribution in [1.29, 1.82) is 0 Å². The molecule has 2 atom stereocenters. The minimum absolute atomic E-state index is 0.251. The number of carbonyl (C=O) groups excluding carboxylic acids is 1. The second kappa shape index (κ2) is 6.63. The van der Waals surface area contributed by atoms with Crippen molar-refractivity contribution in [2.45, 2.75) is 31.6 Å². The number of hydrogen-bond donors (Lipinski definition) is 3. The summed E-state index contributed by atoms with van der Waals surface area (Å²) in [4.78, 5) is 17.1. The number of hydrogen-bond acceptors (Lipinski definition) is 5. The second-order valence-electron chi connectivity index (χ2n) is 4.57. The maximum atomic E-state index is 11.5. The van der Waals surface area contributed by atoms with Crippen LogP contribution in [-0.4, -0.2) is 40.0 Å². The summed E-state index contributed by atoms with van der Waals surface area (Å²) in [6, 6.07) is 8.94. The first-order valence-electron chi connectivity index (χ1n) is 6.26. The van der Waals surface area contributed by atoms with Crippen LogP contribution in [0.25, 0.3) is 0 Å². The molecule has 0 radical (unpaired) electrons. The average Bonchev–Trinajstić information content (AvgIpc) is 2.46. The summed E-state index contributed by atoms with van der Waals surface area (Å²) in [5.74, 6) is -0.563. The molecule has 19 heavy (non-hydrogen) atoms. The summed E-state index contributed by atoms with van der Waals surface area (Å²) in [7, 11) is 0. The van der Waals surface area contributed by atoms with Crippen molar-refractivity contribution in [2.75, 3.05) is 6.54 Å². The van der Waals surface area contributed by atoms with Gasteiger partial charge in [-0.3, -0.25) is 14.8 Å². The molecule has 1 heterocycles. The van der Waals surface area contributed by atoms with Crippen molar-refractivity contribution in [3.8, 4) is 0 Å². The van der Waals surface area contributed by atoms with E-state index in [9.17, 15) is 9.90 Å². The maximum Gasteiger partial charge on any atom is 0.263 e. The van der Waals surface area contributed by atoms with Crippen LogP contribution in [0.3, 0.4) is 0 Å². The molecule has 104 valence electrons. The van der Waals surface area contributed by atoms with Crippen LogP contribution in [0.15, 0.2) is 30.3 Å². The molecule has 6 heteroatoms. The quantitative estimate of drug-likeness (QED) is 0.544. The van der Waals surface area contributed by atoms with Gasteiger partial charge >= 0.3 is 0 Å². The summed E-state index contributed by atoms with van der Waals surface area (Å²) in [5, 5.41) is 19.8. The van der Waals surface area contributed by atoms with E-state index in [0.717, 1.165) is 5.56 Å². The standard InChI is InChI=1S/C13H18N2O4/c16-11-6-7-15(12(8-11)13(17)14-18)19-9-10-4-2-1-3-5-10/h1-5,11-12,16,18H,6-9H2,(H,14,17)/t11-,12+/m0/s1. The van der Waals surface area contributed by atoms with Crippen LogP contribution in [0, 0.1) is 0 Å². The molecule has 3 N–H and O–H groups in total. The zero-order valence-corrected chi connectivity index (χ0v) is 10.5. The lowest BCUT2D eigenvalue weighted by Crippen LogP contribution is -2.51. The Balaban J connectivity index is 1.95. The van der Waals surface area contributed by atoms with E-state index in [4.69, 9.17) is 10.0 Å². The Bertz CT molecular complexity index is 412. The van der Waals surface area contributed by atoms with Gasteiger partial charge in [-0.2, -0.15) is 5.06 Å². The first kappa shape index (κ1) is 14.0. The lowest BCUT2D eigenvalue weighted by atomic mass is 10.0. The number of benzene rings is 1. The number of nitrogens with zero attached hydrogens (tertiary/aromatic N) is 1. The molecule has 0 spiro atoms. The van der Waals surface area contributed by atoms with E-state index in [1.165, 1.54) is 5.06 Å². The van der Waals surface area contributed by atoms with Crippen LogP contribution in [0.1, 0.15) is 18.4 Å². The smallest absolute Gasteiger partial charge is 0.263 e. The number of amides is 1. The molecule has 1 aromatic rings. The molecule has 0 aliphatic carbocycles. The zero-order chi connectivity index (χ0) is 13.7. The van der Waals surface area contributed by atoms with Crippen molar-refractivity contribution < 1.29 is 19.9 Å². The summed E-state index contributed by atoms with van der Waals surface area (Å²) < 4.78 is 0. The van der Waals surface area contributed by atoms with Gasteiger partial charge in [0, 0.05) is 13.0 Å². The third kappa shape index (κ3) is 3.74. The predicted octanol–water partition coefficient (Wildman–Crippen LogP) is 0.449. The molecular weight excluding hydrogens is 248 g/mol. The third-order valence-corrected chi connectivity index (χ3v) is 3.18. The normalized spacial score (nSPS) is 24.1. The van der Waals surface area contributed by atoms with Gasteiger partial charge in [0.1, 0.15) is 6.04 Å². The van der Waals surface area contributed by atoms with Gasteiger partial charge in [-0.25, -0.2) is 5.48 Å². The molecule has 6 nitrogen and oxygen atoms in total. The van der Waals surface area contributed by atoms with Crippen LogP contribution in [0.5, 0.6) is 0 Å². The predicted molar refractivity (Wildman–Crippen MR) is 66.9 cm³/mol. The Morgan fingerprint density at radius 3 is 2.84 bits per heavy atom. The average molecular weight is 266 g/mol. The summed E-state index contributed by atoms with van der Waals surface area (Å²) in [6.45, 7) is 0.804. The number of piperidine rings is 1. The SMILES string of the molecule is O=C(NO)[C@H]1C[C@@H](O)CCN1OCc1ccccc1. The highest BCUT2D eigenvalue weighted by molar-refractivity contribution is 5.80. The van der Waals surface area contributed by atoms with E-state index in [1.54, 1.807) is 5.48 Å². The van der Waals surface area contributed by atoms with Crippen LogP contribution in [0.4, 0.5) is 0 Å². The third-order valence-electron chi connectivity index (χ3n) is 3.18. The molecule has 2 rings (SSSR count). The van der Waals surface area contributed by atoms with Crippen LogP contribution in [-0.2, 0) is 16.2 Å². The van der Waals surface area contributed by atoms with Crippen molar-refractivity contribution >= 4 is 5.91 Å². The molecular formula is C13H18N2O4. The minimum atomic E-state index is -0.669. The fourth-order valence-electron chi connectivity index (χ4n) is 2.12. The van der Waals surface area contributed by atoms with Gasteiger partial charge in [-0.05, 0) is 12.0 Å². The molecule has 0 saturated carbocycles. The van der Waals surface area contributed by atoms with Gasteiger partial charge in [-0.1, -0.05) is 30.3 Å². The fraction of sp³-hybridized carbons (Fsp3) is 0.462. The van der Waals surface area contributed by atoms with E-state index in [2.05, 4.69) is 0 Å². The first-order valence-corrected chi connectivity index (χ1v) is 6.26. The summed E-state index contributed by atoms with van der Waals surface area (Å²) in [6.07, 6.45) is 0.254. The van der Waals surface area contributed by atoms with Gasteiger partial charge in [0.05, 0.1) is 12.7 Å². The van der Waals surface area contributed by atoms with Gasteiger partial charge in [0.25, 0.3) is 5.91 Å². The van der Waals surface area contributed by atoms with E-state index in [0.29, 0.717) is 19.6 Å². The lowest BCUT2D eigenvalue weighted by molar-refractivity contribution is -0.219. The first-order chi connectivity index (χ1) is 9.20. The van der Waals surface area contributed by atoms with Gasteiger partial charge < -0.3 is 5.11 Å². The Morgan fingerprint density at radius 2 is 2.16 bits per heavy atom. The van der Waals surface area contributed by atoms with Gasteiger partial charge in [-0.15, -0.1) is 0 Å². The van der Waals surface area contributed by atoms with Crippen molar-refractivity contribution in [2.24, 2.45) is 0 Å². The molecule has 1 fully saturated rings. The van der Waals surface area contributed by atoms with Crippen LogP contribution in [0.2, 0.25) is 0 Å². The molecule has 0 unspecified atom stereocenters. The minimum Gasteiger partial charge on any atom is -0.393 e. The maximum absolute atomic E-state index is 11.5. The van der Waals surface area contributed by atoms with E-state index in [-0.39, 0.29) is 6.42 Å². The van der Waals surface area contributed by atoms with Crippen LogP contribution >= 0.6 is 0 Å². The van der Waals surface area contributed by atoms with Crippen molar-refractivity contribution in [1.82, 2.24) is 10.5 Å². The number of carbonyl (C=O) groups is 1. The Kier molecular flexibility index (Phi) is 4.86. The second-order valence-corrected chi connectivity index (χ2v) is 4.57. The van der Waals surface area contributed by atoms with Crippen molar-refractivity contribution in [3.05, 3.63) is 35.9 Å². The molecule has 0 bridgehead atoms. The van der Waals surface area contributed by atoms with E-state index >= 15 is 0 Å². The van der Waals surface area contributed by atoms with Gasteiger partial charge in [0.15, 0.2) is 0 Å². The van der Waals surface area contributed by atoms with Crippen molar-refractivity contribution in [3.63, 3.8) is 0 Å². The monoisotopic (exact) mass is 266 g/mol. The molecule has 1 aliphatic heterocycles. The molecule has 1 aromatic carbocycles. The number of aliphatic hydroxyl groups is 1. The molecule has 0 aromatic heterocycles. The fourth-order valence-corrected chi connectivity index (χ4v) is 2.12. The topological polar surface area (TPSA) is 82.0 Å². The number of aliphatic hydroxyl groups excluding tert-OH is 1.